The molecule has 1 aromatic heterocycles. The molecule has 0 saturated carbocycles. The molecule has 1 aliphatic rings. The van der Waals surface area contributed by atoms with Crippen LogP contribution < -0.4 is 10.1 Å². The molecule has 0 aliphatic carbocycles. The van der Waals surface area contributed by atoms with Crippen LogP contribution in [-0.2, 0) is 14.8 Å². The Bertz CT molecular complexity index is 662. The van der Waals surface area contributed by atoms with Crippen LogP contribution in [0.1, 0.15) is 10.4 Å². The van der Waals surface area contributed by atoms with E-state index in [-0.39, 0.29) is 36.1 Å². The second-order valence-electron chi connectivity index (χ2n) is 5.50. The second kappa shape index (κ2) is 7.24. The minimum absolute atomic E-state index is 0.0743. The number of sulfonamides is 1. The molecule has 1 amide bonds. The zero-order valence-corrected chi connectivity index (χ0v) is 14.2. The minimum Gasteiger partial charge on any atom is -0.480 e. The summed E-state index contributed by atoms with van der Waals surface area (Å²) in [5, 5.41) is 2.81. The molecule has 2 heterocycles. The van der Waals surface area contributed by atoms with Crippen LogP contribution in [0.3, 0.4) is 0 Å². The summed E-state index contributed by atoms with van der Waals surface area (Å²) in [7, 11) is 1.04. The summed E-state index contributed by atoms with van der Waals surface area (Å²) >= 11 is 0. The van der Waals surface area contributed by atoms with E-state index in [4.69, 9.17) is 9.47 Å². The van der Waals surface area contributed by atoms with Crippen molar-refractivity contribution in [2.24, 2.45) is 5.92 Å². The fraction of sp³-hybridized carbons (Fsp3) is 0.571. The number of amides is 1. The number of hydrogen-bond acceptors (Lipinski definition) is 6. The topological polar surface area (TPSA) is 97.8 Å². The summed E-state index contributed by atoms with van der Waals surface area (Å²) in [5.41, 5.74) is 0.302. The van der Waals surface area contributed by atoms with Gasteiger partial charge in [-0.05, 0) is 12.1 Å². The fourth-order valence-corrected chi connectivity index (χ4v) is 3.48. The predicted octanol–water partition coefficient (Wildman–Crippen LogP) is -0.274. The van der Waals surface area contributed by atoms with Gasteiger partial charge in [-0.15, -0.1) is 0 Å². The summed E-state index contributed by atoms with van der Waals surface area (Å²) in [6.07, 6.45) is 1.53. The van der Waals surface area contributed by atoms with E-state index in [2.05, 4.69) is 10.3 Å². The SMILES string of the molecule is COc1ncccc1C(=O)N[C@H]1COC[C@H]1CS(=O)(=O)N(C)C. The highest BCUT2D eigenvalue weighted by atomic mass is 32.2. The zero-order chi connectivity index (χ0) is 17.0. The summed E-state index contributed by atoms with van der Waals surface area (Å²) < 4.78 is 35.6. The molecule has 1 aliphatic heterocycles. The molecule has 0 radical (unpaired) electrons. The Morgan fingerprint density at radius 2 is 2.22 bits per heavy atom. The second-order valence-corrected chi connectivity index (χ2v) is 7.73. The van der Waals surface area contributed by atoms with E-state index in [0.717, 1.165) is 0 Å². The van der Waals surface area contributed by atoms with Gasteiger partial charge < -0.3 is 14.8 Å². The number of carbonyl (C=O) groups excluding carboxylic acids is 1. The van der Waals surface area contributed by atoms with Crippen LogP contribution in [0.4, 0.5) is 0 Å². The highest BCUT2D eigenvalue weighted by Crippen LogP contribution is 2.19. The first-order valence-corrected chi connectivity index (χ1v) is 8.74. The van der Waals surface area contributed by atoms with Gasteiger partial charge in [-0.3, -0.25) is 4.79 Å². The lowest BCUT2D eigenvalue weighted by atomic mass is 10.1. The van der Waals surface area contributed by atoms with Gasteiger partial charge in [0, 0.05) is 26.2 Å². The third-order valence-corrected chi connectivity index (χ3v) is 5.67. The van der Waals surface area contributed by atoms with Crippen molar-refractivity contribution in [1.29, 1.82) is 0 Å². The van der Waals surface area contributed by atoms with Crippen molar-refractivity contribution in [2.75, 3.05) is 40.2 Å². The Morgan fingerprint density at radius 1 is 1.48 bits per heavy atom. The maximum absolute atomic E-state index is 12.4. The van der Waals surface area contributed by atoms with Crippen LogP contribution >= 0.6 is 0 Å². The Kier molecular flexibility index (Phi) is 5.55. The lowest BCUT2D eigenvalue weighted by Gasteiger charge is -2.21. The molecule has 2 rings (SSSR count). The lowest BCUT2D eigenvalue weighted by molar-refractivity contribution is 0.0922. The molecule has 9 heteroatoms. The maximum Gasteiger partial charge on any atom is 0.257 e. The van der Waals surface area contributed by atoms with Gasteiger partial charge in [0.05, 0.1) is 32.1 Å². The Balaban J connectivity index is 2.08. The van der Waals surface area contributed by atoms with E-state index in [1.807, 2.05) is 0 Å². The van der Waals surface area contributed by atoms with Gasteiger partial charge in [0.15, 0.2) is 0 Å². The van der Waals surface area contributed by atoms with Crippen molar-refractivity contribution >= 4 is 15.9 Å². The maximum atomic E-state index is 12.4. The first-order chi connectivity index (χ1) is 10.8. The number of hydrogen-bond donors (Lipinski definition) is 1. The van der Waals surface area contributed by atoms with Gasteiger partial charge in [0.25, 0.3) is 5.91 Å². The molecular weight excluding hydrogens is 322 g/mol. The first kappa shape index (κ1) is 17.6. The van der Waals surface area contributed by atoms with Crippen molar-refractivity contribution < 1.29 is 22.7 Å². The molecule has 1 fully saturated rings. The summed E-state index contributed by atoms with van der Waals surface area (Å²) in [5.74, 6) is -0.511. The Hall–Kier alpha value is -1.71. The molecule has 0 spiro atoms. The third-order valence-electron chi connectivity index (χ3n) is 3.71. The Labute approximate surface area is 135 Å². The smallest absolute Gasteiger partial charge is 0.257 e. The molecule has 1 aromatic rings. The summed E-state index contributed by atoms with van der Waals surface area (Å²) in [6, 6.07) is 2.86. The first-order valence-electron chi connectivity index (χ1n) is 7.13. The van der Waals surface area contributed by atoms with Crippen LogP contribution in [0, 0.1) is 5.92 Å². The van der Waals surface area contributed by atoms with Gasteiger partial charge >= 0.3 is 0 Å². The molecule has 128 valence electrons. The number of methoxy groups -OCH3 is 1. The van der Waals surface area contributed by atoms with Gasteiger partial charge in [-0.2, -0.15) is 0 Å². The largest absolute Gasteiger partial charge is 0.480 e. The van der Waals surface area contributed by atoms with Crippen LogP contribution in [0.2, 0.25) is 0 Å². The highest BCUT2D eigenvalue weighted by molar-refractivity contribution is 7.89. The number of carbonyl (C=O) groups is 1. The van der Waals surface area contributed by atoms with Crippen LogP contribution in [0.5, 0.6) is 5.88 Å². The molecular formula is C14H21N3O5S. The number of pyridine rings is 1. The predicted molar refractivity (Wildman–Crippen MR) is 83.8 cm³/mol. The van der Waals surface area contributed by atoms with E-state index in [0.29, 0.717) is 12.2 Å². The quantitative estimate of drug-likeness (QED) is 0.763. The fourth-order valence-electron chi connectivity index (χ4n) is 2.31. The van der Waals surface area contributed by atoms with E-state index in [1.165, 1.54) is 31.7 Å². The molecule has 0 bridgehead atoms. The third kappa shape index (κ3) is 4.18. The van der Waals surface area contributed by atoms with Crippen molar-refractivity contribution in [3.63, 3.8) is 0 Å². The average molecular weight is 343 g/mol. The zero-order valence-electron chi connectivity index (χ0n) is 13.4. The standard InChI is InChI=1S/C14H21N3O5S/c1-17(2)23(19,20)9-10-7-22-8-12(10)16-13(18)11-5-4-6-15-14(11)21-3/h4-6,10,12H,7-9H2,1-3H3,(H,16,18)/t10-,12-/m0/s1. The van der Waals surface area contributed by atoms with Gasteiger partial charge in [0.2, 0.25) is 15.9 Å². The monoisotopic (exact) mass is 343 g/mol. The van der Waals surface area contributed by atoms with Crippen LogP contribution in [-0.4, -0.2) is 69.8 Å². The van der Waals surface area contributed by atoms with Crippen molar-refractivity contribution in [3.8, 4) is 5.88 Å². The van der Waals surface area contributed by atoms with Crippen molar-refractivity contribution in [2.45, 2.75) is 6.04 Å². The molecule has 1 saturated heterocycles. The summed E-state index contributed by atoms with van der Waals surface area (Å²) in [6.45, 7) is 0.574. The van der Waals surface area contributed by atoms with Crippen LogP contribution in [0.25, 0.3) is 0 Å². The number of nitrogens with one attached hydrogen (secondary N) is 1. The summed E-state index contributed by atoms with van der Waals surface area (Å²) in [4.78, 5) is 16.4. The normalized spacial score (nSPS) is 21.4. The molecule has 2 atom stereocenters. The number of rotatable bonds is 6. The van der Waals surface area contributed by atoms with E-state index in [1.54, 1.807) is 12.1 Å². The molecule has 8 nitrogen and oxygen atoms in total. The highest BCUT2D eigenvalue weighted by Gasteiger charge is 2.34. The lowest BCUT2D eigenvalue weighted by Crippen LogP contribution is -2.43. The molecule has 23 heavy (non-hydrogen) atoms. The van der Waals surface area contributed by atoms with Gasteiger partial charge in [-0.25, -0.2) is 17.7 Å². The Morgan fingerprint density at radius 3 is 2.87 bits per heavy atom. The minimum atomic E-state index is -3.36. The van der Waals surface area contributed by atoms with Crippen molar-refractivity contribution in [1.82, 2.24) is 14.6 Å². The van der Waals surface area contributed by atoms with E-state index in [9.17, 15) is 13.2 Å². The average Bonchev–Trinajstić information content (AvgIpc) is 2.93. The number of nitrogens with zero attached hydrogens (tertiary/aromatic N) is 2. The number of aromatic nitrogens is 1. The van der Waals surface area contributed by atoms with Gasteiger partial charge in [0.1, 0.15) is 5.56 Å². The van der Waals surface area contributed by atoms with E-state index < -0.39 is 10.0 Å². The molecule has 0 unspecified atom stereocenters. The van der Waals surface area contributed by atoms with E-state index >= 15 is 0 Å². The van der Waals surface area contributed by atoms with Gasteiger partial charge in [-0.1, -0.05) is 0 Å². The van der Waals surface area contributed by atoms with Crippen LogP contribution in [0.15, 0.2) is 18.3 Å². The number of ether oxygens (including phenoxy) is 2. The van der Waals surface area contributed by atoms with Crippen molar-refractivity contribution in [3.05, 3.63) is 23.9 Å². The molecule has 0 aromatic carbocycles. The molecule has 1 N–H and O–H groups in total.